The fourth-order valence-electron chi connectivity index (χ4n) is 3.18. The maximum absolute atomic E-state index is 11.2. The normalized spacial score (nSPS) is 17.7. The van der Waals surface area contributed by atoms with E-state index in [9.17, 15) is 10.1 Å². The molecule has 27 heavy (non-hydrogen) atoms. The van der Waals surface area contributed by atoms with Crippen molar-refractivity contribution >= 4 is 29.1 Å². The lowest BCUT2D eigenvalue weighted by molar-refractivity contribution is -0.384. The van der Waals surface area contributed by atoms with Gasteiger partial charge in [0.15, 0.2) is 0 Å². The molecule has 2 fully saturated rings. The standard InChI is InChI=1S/C18H21ClN6O2/c19-14-3-1-2-13(10-14)12-23-6-8-24(9-7-23)18-20-11-16(25(26)27)17(22-18)21-15-4-5-15/h1-3,10-11,15H,4-9,12H2,(H,20,21,22). The predicted octanol–water partition coefficient (Wildman–Crippen LogP) is 2.93. The number of nitrogens with zero attached hydrogens (tertiary/aromatic N) is 5. The molecule has 0 unspecified atom stereocenters. The molecule has 2 aromatic rings. The molecule has 4 rings (SSSR count). The minimum Gasteiger partial charge on any atom is -0.361 e. The second kappa shape index (κ2) is 7.66. The molecule has 142 valence electrons. The van der Waals surface area contributed by atoms with Gasteiger partial charge in [-0.15, -0.1) is 0 Å². The number of halogens is 1. The molecule has 0 radical (unpaired) electrons. The SMILES string of the molecule is O=[N+]([O-])c1cnc(N2CCN(Cc3cccc(Cl)c3)CC2)nc1NC1CC1. The second-order valence-electron chi connectivity index (χ2n) is 6.97. The van der Waals surface area contributed by atoms with Crippen LogP contribution in [0, 0.1) is 10.1 Å². The molecule has 9 heteroatoms. The van der Waals surface area contributed by atoms with E-state index in [1.807, 2.05) is 18.2 Å². The Labute approximate surface area is 162 Å². The van der Waals surface area contributed by atoms with Gasteiger partial charge in [0.05, 0.1) is 4.92 Å². The van der Waals surface area contributed by atoms with Crippen LogP contribution in [0.4, 0.5) is 17.5 Å². The van der Waals surface area contributed by atoms with Gasteiger partial charge in [0.25, 0.3) is 0 Å². The quantitative estimate of drug-likeness (QED) is 0.601. The van der Waals surface area contributed by atoms with Gasteiger partial charge in [0.1, 0.15) is 6.20 Å². The second-order valence-corrected chi connectivity index (χ2v) is 7.41. The van der Waals surface area contributed by atoms with Crippen LogP contribution in [-0.2, 0) is 6.54 Å². The molecule has 1 aromatic carbocycles. The van der Waals surface area contributed by atoms with E-state index in [0.717, 1.165) is 50.6 Å². The van der Waals surface area contributed by atoms with Crippen molar-refractivity contribution < 1.29 is 4.92 Å². The van der Waals surface area contributed by atoms with E-state index >= 15 is 0 Å². The van der Waals surface area contributed by atoms with Crippen LogP contribution in [0.1, 0.15) is 18.4 Å². The molecule has 1 aliphatic heterocycles. The van der Waals surface area contributed by atoms with Crippen LogP contribution in [0.15, 0.2) is 30.5 Å². The molecule has 1 saturated heterocycles. The summed E-state index contributed by atoms with van der Waals surface area (Å²) in [6, 6.07) is 8.20. The fourth-order valence-corrected chi connectivity index (χ4v) is 3.39. The maximum atomic E-state index is 11.2. The number of aromatic nitrogens is 2. The Morgan fingerprint density at radius 2 is 2.04 bits per heavy atom. The molecule has 8 nitrogen and oxygen atoms in total. The average molecular weight is 389 g/mol. The zero-order valence-corrected chi connectivity index (χ0v) is 15.6. The van der Waals surface area contributed by atoms with Crippen LogP contribution < -0.4 is 10.2 Å². The first-order valence-electron chi connectivity index (χ1n) is 9.08. The molecule has 2 heterocycles. The Kier molecular flexibility index (Phi) is 5.09. The zero-order valence-electron chi connectivity index (χ0n) is 14.8. The summed E-state index contributed by atoms with van der Waals surface area (Å²) in [5.41, 5.74) is 1.13. The van der Waals surface area contributed by atoms with Crippen LogP contribution in [0.25, 0.3) is 0 Å². The average Bonchev–Trinajstić information content (AvgIpc) is 3.46. The van der Waals surface area contributed by atoms with E-state index in [-0.39, 0.29) is 5.69 Å². The van der Waals surface area contributed by atoms with Gasteiger partial charge in [0, 0.05) is 43.8 Å². The summed E-state index contributed by atoms with van der Waals surface area (Å²) in [7, 11) is 0. The summed E-state index contributed by atoms with van der Waals surface area (Å²) >= 11 is 6.06. The van der Waals surface area contributed by atoms with Crippen molar-refractivity contribution in [2.45, 2.75) is 25.4 Å². The Morgan fingerprint density at radius 1 is 1.26 bits per heavy atom. The van der Waals surface area contributed by atoms with Crippen LogP contribution in [0.5, 0.6) is 0 Å². The van der Waals surface area contributed by atoms with Crippen LogP contribution >= 0.6 is 11.6 Å². The highest BCUT2D eigenvalue weighted by atomic mass is 35.5. The van der Waals surface area contributed by atoms with Crippen molar-refractivity contribution in [1.29, 1.82) is 0 Å². The van der Waals surface area contributed by atoms with Gasteiger partial charge in [-0.1, -0.05) is 23.7 Å². The highest BCUT2D eigenvalue weighted by Gasteiger charge is 2.28. The van der Waals surface area contributed by atoms with Crippen molar-refractivity contribution in [2.75, 3.05) is 36.4 Å². The van der Waals surface area contributed by atoms with E-state index < -0.39 is 4.92 Å². The number of anilines is 2. The van der Waals surface area contributed by atoms with Gasteiger partial charge in [-0.25, -0.2) is 4.98 Å². The summed E-state index contributed by atoms with van der Waals surface area (Å²) in [6.07, 6.45) is 3.36. The summed E-state index contributed by atoms with van der Waals surface area (Å²) in [5, 5.41) is 15.1. The third-order valence-electron chi connectivity index (χ3n) is 4.82. The molecule has 2 aliphatic rings. The Bertz CT molecular complexity index is 836. The first-order chi connectivity index (χ1) is 13.1. The highest BCUT2D eigenvalue weighted by molar-refractivity contribution is 6.30. The first kappa shape index (κ1) is 17.9. The topological polar surface area (TPSA) is 87.4 Å². The van der Waals surface area contributed by atoms with Gasteiger partial charge >= 0.3 is 5.69 Å². The molecule has 1 aliphatic carbocycles. The lowest BCUT2D eigenvalue weighted by Crippen LogP contribution is -2.46. The monoisotopic (exact) mass is 388 g/mol. The number of hydrogen-bond donors (Lipinski definition) is 1. The summed E-state index contributed by atoms with van der Waals surface area (Å²) in [6.45, 7) is 4.16. The lowest BCUT2D eigenvalue weighted by Gasteiger charge is -2.34. The predicted molar refractivity (Wildman–Crippen MR) is 104 cm³/mol. The third kappa shape index (κ3) is 4.45. The molecule has 1 aromatic heterocycles. The minimum atomic E-state index is -0.433. The van der Waals surface area contributed by atoms with Crippen molar-refractivity contribution in [2.24, 2.45) is 0 Å². The highest BCUT2D eigenvalue weighted by Crippen LogP contribution is 2.30. The minimum absolute atomic E-state index is 0.0646. The van der Waals surface area contributed by atoms with E-state index in [1.54, 1.807) is 0 Å². The number of benzene rings is 1. The Morgan fingerprint density at radius 3 is 2.70 bits per heavy atom. The van der Waals surface area contributed by atoms with Crippen molar-refractivity contribution in [1.82, 2.24) is 14.9 Å². The van der Waals surface area contributed by atoms with Gasteiger partial charge < -0.3 is 10.2 Å². The van der Waals surface area contributed by atoms with E-state index in [2.05, 4.69) is 31.2 Å². The first-order valence-corrected chi connectivity index (χ1v) is 9.46. The third-order valence-corrected chi connectivity index (χ3v) is 5.06. The Balaban J connectivity index is 1.40. The number of nitro groups is 1. The van der Waals surface area contributed by atoms with Crippen molar-refractivity contribution in [3.05, 3.63) is 51.2 Å². The molecular formula is C18H21ClN6O2. The largest absolute Gasteiger partial charge is 0.361 e. The van der Waals surface area contributed by atoms with Crippen LogP contribution in [-0.4, -0.2) is 52.0 Å². The summed E-state index contributed by atoms with van der Waals surface area (Å²) in [5.74, 6) is 0.875. The molecule has 0 bridgehead atoms. The molecule has 0 spiro atoms. The van der Waals surface area contributed by atoms with Gasteiger partial charge in [0.2, 0.25) is 11.8 Å². The summed E-state index contributed by atoms with van der Waals surface area (Å²) in [4.78, 5) is 23.9. The van der Waals surface area contributed by atoms with E-state index in [4.69, 9.17) is 11.6 Å². The fraction of sp³-hybridized carbons (Fsp3) is 0.444. The molecular weight excluding hydrogens is 368 g/mol. The maximum Gasteiger partial charge on any atom is 0.329 e. The molecule has 1 N–H and O–H groups in total. The Hall–Kier alpha value is -2.45. The number of hydrogen-bond acceptors (Lipinski definition) is 7. The molecule has 0 amide bonds. The van der Waals surface area contributed by atoms with E-state index in [1.165, 1.54) is 11.8 Å². The van der Waals surface area contributed by atoms with Gasteiger partial charge in [-0.3, -0.25) is 15.0 Å². The van der Waals surface area contributed by atoms with Crippen LogP contribution in [0.2, 0.25) is 5.02 Å². The molecule has 1 saturated carbocycles. The summed E-state index contributed by atoms with van der Waals surface area (Å²) < 4.78 is 0. The molecule has 0 atom stereocenters. The zero-order chi connectivity index (χ0) is 18.8. The van der Waals surface area contributed by atoms with Gasteiger partial charge in [-0.2, -0.15) is 4.98 Å². The number of nitrogens with one attached hydrogen (secondary N) is 1. The van der Waals surface area contributed by atoms with E-state index in [0.29, 0.717) is 17.8 Å². The van der Waals surface area contributed by atoms with Crippen molar-refractivity contribution in [3.63, 3.8) is 0 Å². The van der Waals surface area contributed by atoms with Gasteiger partial charge in [-0.05, 0) is 30.5 Å². The number of rotatable bonds is 6. The van der Waals surface area contributed by atoms with Crippen molar-refractivity contribution in [3.8, 4) is 0 Å². The van der Waals surface area contributed by atoms with Crippen LogP contribution in [0.3, 0.4) is 0 Å². The lowest BCUT2D eigenvalue weighted by atomic mass is 10.2. The smallest absolute Gasteiger partial charge is 0.329 e. The number of piperazine rings is 1.